The lowest BCUT2D eigenvalue weighted by atomic mass is 10.1. The molecule has 0 bridgehead atoms. The Morgan fingerprint density at radius 1 is 1.00 bits per heavy atom. The van der Waals surface area contributed by atoms with Gasteiger partial charge in [0.05, 0.1) is 35.6 Å². The highest BCUT2D eigenvalue weighted by atomic mass is 32.2. The Hall–Kier alpha value is -3.75. The number of ether oxygens (including phenoxy) is 1. The number of amides is 1. The van der Waals surface area contributed by atoms with Crippen LogP contribution < -0.4 is 14.4 Å². The number of methoxy groups -OCH3 is 1. The molecule has 8 heteroatoms. The second kappa shape index (κ2) is 9.81. The minimum Gasteiger partial charge on any atom is -0.497 e. The monoisotopic (exact) mass is 461 g/mol. The quantitative estimate of drug-likeness (QED) is 0.378. The average molecular weight is 462 g/mol. The van der Waals surface area contributed by atoms with Crippen LogP contribution in [0.2, 0.25) is 0 Å². The number of carbonyl (C=O) groups is 1. The highest BCUT2D eigenvalue weighted by Crippen LogP contribution is 2.34. The van der Waals surface area contributed by atoms with Gasteiger partial charge in [0, 0.05) is 11.6 Å². The number of fused-ring (bicyclic) bond motifs is 1. The molecule has 168 valence electrons. The van der Waals surface area contributed by atoms with Crippen LogP contribution >= 0.6 is 0 Å². The molecule has 33 heavy (non-hydrogen) atoms. The first kappa shape index (κ1) is 22.4. The van der Waals surface area contributed by atoms with E-state index in [2.05, 4.69) is 10.3 Å². The van der Waals surface area contributed by atoms with E-state index in [4.69, 9.17) is 4.74 Å². The molecular weight excluding hydrogens is 438 g/mol. The van der Waals surface area contributed by atoms with Crippen molar-refractivity contribution in [2.24, 2.45) is 0 Å². The lowest BCUT2D eigenvalue weighted by molar-refractivity contribution is 0.0940. The predicted octanol–water partition coefficient (Wildman–Crippen LogP) is 5.01. The summed E-state index contributed by atoms with van der Waals surface area (Å²) in [6.45, 7) is 1.87. The summed E-state index contributed by atoms with van der Waals surface area (Å²) in [6.07, 6.45) is 1.62. The maximum Gasteiger partial charge on any atom is 0.266 e. The van der Waals surface area contributed by atoms with Gasteiger partial charge in [-0.05, 0) is 48.9 Å². The van der Waals surface area contributed by atoms with Crippen LogP contribution in [0.25, 0.3) is 10.9 Å². The standard InChI is InChI=1S/C25H23N3O4S/c1-17(18-12-14-20(32-2)15-13-18)27-25(29)21-9-3-4-10-22(21)28(33(30)31)23-11-5-7-19-8-6-16-26-24(19)23/h3-17H,1-2H3,(H,27,29)(H,30,31). The van der Waals surface area contributed by atoms with Gasteiger partial charge in [-0.1, -0.05) is 42.5 Å². The molecule has 4 aromatic rings. The first-order valence-electron chi connectivity index (χ1n) is 10.3. The first-order chi connectivity index (χ1) is 16.0. The van der Waals surface area contributed by atoms with E-state index < -0.39 is 11.3 Å². The zero-order valence-electron chi connectivity index (χ0n) is 18.1. The number of para-hydroxylation sites is 2. The molecule has 2 unspecified atom stereocenters. The van der Waals surface area contributed by atoms with Gasteiger partial charge in [0.1, 0.15) is 5.75 Å². The Kier molecular flexibility index (Phi) is 6.67. The third-order valence-corrected chi connectivity index (χ3v) is 6.02. The summed E-state index contributed by atoms with van der Waals surface area (Å²) in [5, 5.41) is 3.79. The molecule has 1 aromatic heterocycles. The topological polar surface area (TPSA) is 91.8 Å². The molecule has 0 saturated carbocycles. The van der Waals surface area contributed by atoms with Crippen LogP contribution in [0.15, 0.2) is 85.1 Å². The van der Waals surface area contributed by atoms with E-state index in [1.165, 1.54) is 4.31 Å². The van der Waals surface area contributed by atoms with E-state index >= 15 is 0 Å². The van der Waals surface area contributed by atoms with Crippen LogP contribution in [0, 0.1) is 0 Å². The maximum absolute atomic E-state index is 13.2. The van der Waals surface area contributed by atoms with Crippen molar-refractivity contribution in [2.45, 2.75) is 13.0 Å². The summed E-state index contributed by atoms with van der Waals surface area (Å²) in [5.41, 5.74) is 2.47. The maximum atomic E-state index is 13.2. The van der Waals surface area contributed by atoms with Crippen molar-refractivity contribution in [3.63, 3.8) is 0 Å². The SMILES string of the molecule is COc1ccc(C(C)NC(=O)c2ccccc2N(c2cccc3cccnc23)S(=O)O)cc1. The average Bonchev–Trinajstić information content (AvgIpc) is 2.84. The molecule has 0 spiro atoms. The van der Waals surface area contributed by atoms with Crippen molar-refractivity contribution in [1.29, 1.82) is 0 Å². The van der Waals surface area contributed by atoms with E-state index in [9.17, 15) is 13.6 Å². The molecule has 4 rings (SSSR count). The number of nitrogens with zero attached hydrogens (tertiary/aromatic N) is 2. The minimum absolute atomic E-state index is 0.271. The number of pyridine rings is 1. The van der Waals surface area contributed by atoms with Crippen LogP contribution in [0.5, 0.6) is 5.75 Å². The highest BCUT2D eigenvalue weighted by Gasteiger charge is 2.24. The Balaban J connectivity index is 1.70. The van der Waals surface area contributed by atoms with E-state index in [1.807, 2.05) is 43.3 Å². The normalized spacial score (nSPS) is 12.7. The molecular formula is C25H23N3O4S. The van der Waals surface area contributed by atoms with Crippen LogP contribution in [-0.4, -0.2) is 26.8 Å². The molecule has 3 aromatic carbocycles. The number of aromatic nitrogens is 1. The van der Waals surface area contributed by atoms with Crippen LogP contribution in [0.4, 0.5) is 11.4 Å². The van der Waals surface area contributed by atoms with E-state index in [0.717, 1.165) is 16.7 Å². The van der Waals surface area contributed by atoms with E-state index in [0.29, 0.717) is 16.9 Å². The fraction of sp³-hybridized carbons (Fsp3) is 0.120. The molecule has 2 atom stereocenters. The third kappa shape index (κ3) is 4.72. The zero-order chi connectivity index (χ0) is 23.4. The predicted molar refractivity (Wildman–Crippen MR) is 130 cm³/mol. The van der Waals surface area contributed by atoms with Gasteiger partial charge in [-0.15, -0.1) is 0 Å². The van der Waals surface area contributed by atoms with Crippen molar-refractivity contribution in [3.8, 4) is 5.75 Å². The molecule has 0 aliphatic rings. The molecule has 0 fully saturated rings. The number of hydrogen-bond donors (Lipinski definition) is 2. The summed E-state index contributed by atoms with van der Waals surface area (Å²) in [6, 6.07) is 22.9. The van der Waals surface area contributed by atoms with Crippen molar-refractivity contribution >= 4 is 39.5 Å². The lowest BCUT2D eigenvalue weighted by Crippen LogP contribution is -2.29. The molecule has 1 amide bonds. The molecule has 0 saturated heterocycles. The molecule has 0 aliphatic heterocycles. The van der Waals surface area contributed by atoms with Crippen molar-refractivity contribution in [3.05, 3.63) is 96.2 Å². The van der Waals surface area contributed by atoms with Gasteiger partial charge in [-0.3, -0.25) is 14.3 Å². The number of nitrogens with one attached hydrogen (secondary N) is 1. The van der Waals surface area contributed by atoms with E-state index in [1.54, 1.807) is 55.8 Å². The van der Waals surface area contributed by atoms with Crippen LogP contribution in [-0.2, 0) is 11.3 Å². The van der Waals surface area contributed by atoms with Gasteiger partial charge in [0.2, 0.25) is 0 Å². The highest BCUT2D eigenvalue weighted by molar-refractivity contribution is 7.81. The molecule has 0 aliphatic carbocycles. The summed E-state index contributed by atoms with van der Waals surface area (Å²) in [4.78, 5) is 17.6. The van der Waals surface area contributed by atoms with Gasteiger partial charge >= 0.3 is 0 Å². The van der Waals surface area contributed by atoms with Gasteiger partial charge in [0.25, 0.3) is 17.2 Å². The van der Waals surface area contributed by atoms with E-state index in [-0.39, 0.29) is 17.5 Å². The summed E-state index contributed by atoms with van der Waals surface area (Å²) >= 11 is -2.44. The number of carbonyl (C=O) groups excluding carboxylic acids is 1. The van der Waals surface area contributed by atoms with Gasteiger partial charge in [-0.2, -0.15) is 0 Å². The largest absolute Gasteiger partial charge is 0.497 e. The number of rotatable bonds is 7. The number of benzene rings is 3. The zero-order valence-corrected chi connectivity index (χ0v) is 19.0. The van der Waals surface area contributed by atoms with Gasteiger partial charge in [-0.25, -0.2) is 8.51 Å². The fourth-order valence-electron chi connectivity index (χ4n) is 3.64. The lowest BCUT2D eigenvalue weighted by Gasteiger charge is -2.24. The summed E-state index contributed by atoms with van der Waals surface area (Å²) in [5.74, 6) is 0.366. The number of hydrogen-bond acceptors (Lipinski definition) is 4. The Morgan fingerprint density at radius 2 is 1.70 bits per heavy atom. The summed E-state index contributed by atoms with van der Waals surface area (Å²) in [7, 11) is 1.60. The number of anilines is 2. The molecule has 2 N–H and O–H groups in total. The smallest absolute Gasteiger partial charge is 0.266 e. The van der Waals surface area contributed by atoms with Crippen molar-refractivity contribution in [2.75, 3.05) is 11.4 Å². The third-order valence-electron chi connectivity index (χ3n) is 5.32. The second-order valence-electron chi connectivity index (χ2n) is 7.36. The van der Waals surface area contributed by atoms with Crippen molar-refractivity contribution < 1.29 is 18.3 Å². The molecule has 0 radical (unpaired) electrons. The molecule has 7 nitrogen and oxygen atoms in total. The Bertz CT molecular complexity index is 1310. The van der Waals surface area contributed by atoms with Crippen LogP contribution in [0.3, 0.4) is 0 Å². The minimum atomic E-state index is -2.44. The Labute approximate surface area is 194 Å². The van der Waals surface area contributed by atoms with Crippen molar-refractivity contribution in [1.82, 2.24) is 10.3 Å². The Morgan fingerprint density at radius 3 is 2.42 bits per heavy atom. The van der Waals surface area contributed by atoms with Crippen LogP contribution in [0.1, 0.15) is 28.9 Å². The second-order valence-corrected chi connectivity index (χ2v) is 8.19. The summed E-state index contributed by atoms with van der Waals surface area (Å²) < 4.78 is 29.1. The fourth-order valence-corrected chi connectivity index (χ4v) is 4.29. The molecule has 1 heterocycles. The first-order valence-corrected chi connectivity index (χ1v) is 11.3. The van der Waals surface area contributed by atoms with Gasteiger partial charge in [0.15, 0.2) is 0 Å². The van der Waals surface area contributed by atoms with Gasteiger partial charge < -0.3 is 10.1 Å².